The molecule has 0 saturated carbocycles. The van der Waals surface area contributed by atoms with E-state index in [-0.39, 0.29) is 11.9 Å². The second kappa shape index (κ2) is 5.52. The van der Waals surface area contributed by atoms with E-state index in [9.17, 15) is 14.3 Å². The number of aliphatic hydroxyl groups excluding tert-OH is 1. The molecule has 2 aromatic rings. The van der Waals surface area contributed by atoms with Crippen LogP contribution in [0, 0.1) is 5.82 Å². The number of ether oxygens (including phenoxy) is 1. The van der Waals surface area contributed by atoms with Gasteiger partial charge >= 0.3 is 5.97 Å². The number of rotatable bonds is 2. The summed E-state index contributed by atoms with van der Waals surface area (Å²) in [6.45, 7) is 4.05. The number of aliphatic hydroxyl groups is 1. The lowest BCUT2D eigenvalue weighted by molar-refractivity contribution is 0.00956. The van der Waals surface area contributed by atoms with E-state index in [0.29, 0.717) is 24.3 Å². The molecule has 25 heavy (non-hydrogen) atoms. The number of nitrogens with zero attached hydrogens (tertiary/aromatic N) is 2. The lowest BCUT2D eigenvalue weighted by Crippen LogP contribution is -2.27. The molecule has 4 rings (SSSR count). The van der Waals surface area contributed by atoms with Crippen molar-refractivity contribution < 1.29 is 19.0 Å². The van der Waals surface area contributed by atoms with Crippen molar-refractivity contribution >= 4 is 11.8 Å². The number of hydrogen-bond donors (Lipinski definition) is 1. The topological polar surface area (TPSA) is 62.7 Å². The molecule has 130 valence electrons. The smallest absolute Gasteiger partial charge is 0.343 e. The summed E-state index contributed by atoms with van der Waals surface area (Å²) in [6.07, 6.45) is 1.61. The maximum absolute atomic E-state index is 13.3. The molecule has 0 bridgehead atoms. The fourth-order valence-corrected chi connectivity index (χ4v) is 3.76. The number of esters is 1. The molecule has 1 N–H and O–H groups in total. The Labute approximate surface area is 145 Å². The van der Waals surface area contributed by atoms with Gasteiger partial charge in [-0.05, 0) is 44.0 Å². The van der Waals surface area contributed by atoms with Crippen molar-refractivity contribution in [2.75, 3.05) is 11.4 Å². The number of halogens is 1. The molecule has 6 heteroatoms. The van der Waals surface area contributed by atoms with Crippen molar-refractivity contribution in [2.24, 2.45) is 0 Å². The SMILES string of the molecule is CC1(C)OC(=O)c2c1ccnc2N1C[C@@H](O)C[C@@H]1c1ccc(F)cc1. The highest BCUT2D eigenvalue weighted by molar-refractivity contribution is 5.99. The van der Waals surface area contributed by atoms with Crippen molar-refractivity contribution in [3.05, 3.63) is 59.0 Å². The number of fused-ring (bicyclic) bond motifs is 1. The molecule has 1 aromatic carbocycles. The maximum Gasteiger partial charge on any atom is 0.343 e. The normalized spacial score (nSPS) is 24.3. The fraction of sp³-hybridized carbons (Fsp3) is 0.368. The highest BCUT2D eigenvalue weighted by Crippen LogP contribution is 2.43. The summed E-state index contributed by atoms with van der Waals surface area (Å²) in [5.74, 6) is -0.195. The van der Waals surface area contributed by atoms with Crippen LogP contribution in [0.25, 0.3) is 0 Å². The van der Waals surface area contributed by atoms with Gasteiger partial charge in [0.25, 0.3) is 0 Å². The first-order valence-electron chi connectivity index (χ1n) is 8.30. The van der Waals surface area contributed by atoms with Crippen LogP contribution >= 0.6 is 0 Å². The molecule has 0 unspecified atom stereocenters. The van der Waals surface area contributed by atoms with Gasteiger partial charge < -0.3 is 14.7 Å². The second-order valence-corrected chi connectivity index (χ2v) is 7.07. The Morgan fingerprint density at radius 3 is 2.72 bits per heavy atom. The van der Waals surface area contributed by atoms with Gasteiger partial charge in [-0.3, -0.25) is 0 Å². The first-order valence-corrected chi connectivity index (χ1v) is 8.30. The van der Waals surface area contributed by atoms with E-state index in [2.05, 4.69) is 4.98 Å². The summed E-state index contributed by atoms with van der Waals surface area (Å²) in [6, 6.07) is 7.83. The van der Waals surface area contributed by atoms with Crippen molar-refractivity contribution in [1.82, 2.24) is 4.98 Å². The summed E-state index contributed by atoms with van der Waals surface area (Å²) in [5.41, 5.74) is 1.42. The zero-order valence-corrected chi connectivity index (χ0v) is 14.1. The van der Waals surface area contributed by atoms with Crippen LogP contribution in [-0.4, -0.2) is 28.7 Å². The molecule has 2 aliphatic heterocycles. The van der Waals surface area contributed by atoms with Gasteiger partial charge in [-0.1, -0.05) is 12.1 Å². The van der Waals surface area contributed by atoms with E-state index >= 15 is 0 Å². The van der Waals surface area contributed by atoms with E-state index in [1.807, 2.05) is 18.7 Å². The standard InChI is InChI=1S/C19H19FN2O3/c1-19(2)14-7-8-21-17(16(14)18(24)25-19)22-10-13(23)9-15(22)11-3-5-12(20)6-4-11/h3-8,13,15,23H,9-10H2,1-2H3/t13-,15+/m0/s1. The summed E-state index contributed by atoms with van der Waals surface area (Å²) in [4.78, 5) is 18.8. The quantitative estimate of drug-likeness (QED) is 0.850. The Hall–Kier alpha value is -2.47. The van der Waals surface area contributed by atoms with Crippen LogP contribution in [0.2, 0.25) is 0 Å². The van der Waals surface area contributed by atoms with Gasteiger partial charge in [-0.2, -0.15) is 0 Å². The predicted molar refractivity (Wildman–Crippen MR) is 89.8 cm³/mol. The number of carbonyl (C=O) groups is 1. The largest absolute Gasteiger partial charge is 0.451 e. The molecule has 0 amide bonds. The number of hydrogen-bond acceptors (Lipinski definition) is 5. The average molecular weight is 342 g/mol. The molecular formula is C19H19FN2O3. The highest BCUT2D eigenvalue weighted by atomic mass is 19.1. The van der Waals surface area contributed by atoms with Crippen molar-refractivity contribution in [3.8, 4) is 0 Å². The first kappa shape index (κ1) is 16.0. The Bertz CT molecular complexity index is 835. The molecule has 2 aliphatic rings. The Morgan fingerprint density at radius 2 is 2.00 bits per heavy atom. The number of anilines is 1. The molecule has 0 spiro atoms. The van der Waals surface area contributed by atoms with E-state index in [0.717, 1.165) is 11.1 Å². The lowest BCUT2D eigenvalue weighted by Gasteiger charge is -2.27. The molecule has 1 saturated heterocycles. The highest BCUT2D eigenvalue weighted by Gasteiger charge is 2.43. The molecular weight excluding hydrogens is 323 g/mol. The maximum atomic E-state index is 13.3. The Balaban J connectivity index is 1.80. The van der Waals surface area contributed by atoms with Gasteiger partial charge in [0, 0.05) is 18.3 Å². The lowest BCUT2D eigenvalue weighted by atomic mass is 9.96. The van der Waals surface area contributed by atoms with Crippen LogP contribution in [0.15, 0.2) is 36.5 Å². The first-order chi connectivity index (χ1) is 11.9. The minimum absolute atomic E-state index is 0.175. The summed E-state index contributed by atoms with van der Waals surface area (Å²) in [7, 11) is 0. The van der Waals surface area contributed by atoms with Crippen molar-refractivity contribution in [1.29, 1.82) is 0 Å². The average Bonchev–Trinajstić information content (AvgIpc) is 3.06. The van der Waals surface area contributed by atoms with Gasteiger partial charge in [0.2, 0.25) is 0 Å². The number of aromatic nitrogens is 1. The molecule has 1 aromatic heterocycles. The van der Waals surface area contributed by atoms with Crippen LogP contribution < -0.4 is 4.90 Å². The Morgan fingerprint density at radius 1 is 1.28 bits per heavy atom. The zero-order valence-electron chi connectivity index (χ0n) is 14.1. The van der Waals surface area contributed by atoms with Crippen LogP contribution in [0.1, 0.15) is 47.8 Å². The van der Waals surface area contributed by atoms with Crippen molar-refractivity contribution in [3.63, 3.8) is 0 Å². The number of cyclic esters (lactones) is 1. The minimum atomic E-state index is -0.701. The van der Waals surface area contributed by atoms with E-state index in [1.165, 1.54) is 12.1 Å². The number of carbonyl (C=O) groups excluding carboxylic acids is 1. The van der Waals surface area contributed by atoms with E-state index in [4.69, 9.17) is 4.74 Å². The summed E-state index contributed by atoms with van der Waals surface area (Å²) in [5, 5.41) is 10.2. The fourth-order valence-electron chi connectivity index (χ4n) is 3.76. The van der Waals surface area contributed by atoms with Crippen molar-refractivity contribution in [2.45, 2.75) is 38.0 Å². The van der Waals surface area contributed by atoms with Gasteiger partial charge in [0.15, 0.2) is 0 Å². The molecule has 1 fully saturated rings. The molecule has 3 heterocycles. The van der Waals surface area contributed by atoms with E-state index < -0.39 is 17.7 Å². The second-order valence-electron chi connectivity index (χ2n) is 7.07. The molecule has 0 radical (unpaired) electrons. The number of pyridine rings is 1. The number of benzene rings is 1. The van der Waals surface area contributed by atoms with Gasteiger partial charge in [-0.15, -0.1) is 0 Å². The van der Waals surface area contributed by atoms with E-state index in [1.54, 1.807) is 24.4 Å². The van der Waals surface area contributed by atoms with Crippen LogP contribution in [-0.2, 0) is 10.3 Å². The monoisotopic (exact) mass is 342 g/mol. The molecule has 2 atom stereocenters. The third kappa shape index (κ3) is 2.57. The summed E-state index contributed by atoms with van der Waals surface area (Å²) < 4.78 is 18.7. The van der Waals surface area contributed by atoms with Gasteiger partial charge in [0.05, 0.1) is 12.1 Å². The minimum Gasteiger partial charge on any atom is -0.451 e. The Kier molecular flexibility index (Phi) is 3.54. The molecule has 0 aliphatic carbocycles. The van der Waals surface area contributed by atoms with Crippen LogP contribution in [0.4, 0.5) is 10.2 Å². The zero-order chi connectivity index (χ0) is 17.8. The number of β-amino-alcohol motifs (C(OH)–C–C–N with tert-alkyl or cyclic N) is 1. The van der Waals surface area contributed by atoms with Gasteiger partial charge in [0.1, 0.15) is 22.8 Å². The predicted octanol–water partition coefficient (Wildman–Crippen LogP) is 2.94. The summed E-state index contributed by atoms with van der Waals surface area (Å²) >= 11 is 0. The van der Waals surface area contributed by atoms with Crippen LogP contribution in [0.3, 0.4) is 0 Å². The van der Waals surface area contributed by atoms with Gasteiger partial charge in [-0.25, -0.2) is 14.2 Å². The van der Waals surface area contributed by atoms with Crippen LogP contribution in [0.5, 0.6) is 0 Å². The third-order valence-electron chi connectivity index (χ3n) is 4.94. The molecule has 5 nitrogen and oxygen atoms in total. The third-order valence-corrected chi connectivity index (χ3v) is 4.94.